The highest BCUT2D eigenvalue weighted by Gasteiger charge is 2.16. The topological polar surface area (TPSA) is 48.0 Å². The zero-order chi connectivity index (χ0) is 22.2. The van der Waals surface area contributed by atoms with Crippen LogP contribution in [0.3, 0.4) is 0 Å². The number of fused-ring (bicyclic) bond motifs is 3. The lowest BCUT2D eigenvalue weighted by molar-refractivity contribution is -0.134. The highest BCUT2D eigenvalue weighted by Crippen LogP contribution is 2.24. The molecule has 0 saturated carbocycles. The largest absolute Gasteiger partial charge is 0.491 e. The Morgan fingerprint density at radius 1 is 0.938 bits per heavy atom. The Kier molecular flexibility index (Phi) is 7.41. The van der Waals surface area contributed by atoms with E-state index in [0.717, 1.165) is 23.3 Å². The first-order valence-corrected chi connectivity index (χ1v) is 11.0. The van der Waals surface area contributed by atoms with E-state index >= 15 is 0 Å². The summed E-state index contributed by atoms with van der Waals surface area (Å²) in [4.78, 5) is 14.7. The van der Waals surface area contributed by atoms with Crippen LogP contribution in [0.2, 0.25) is 0 Å². The minimum atomic E-state index is -0.0628. The van der Waals surface area contributed by atoms with E-state index in [1.807, 2.05) is 42.5 Å². The summed E-state index contributed by atoms with van der Waals surface area (Å²) in [6.45, 7) is 4.50. The Balaban J connectivity index is 1.51. The van der Waals surface area contributed by atoms with Crippen LogP contribution in [0.25, 0.3) is 0 Å². The van der Waals surface area contributed by atoms with Crippen molar-refractivity contribution >= 4 is 5.91 Å². The van der Waals surface area contributed by atoms with Gasteiger partial charge in [0.15, 0.2) is 6.61 Å². The van der Waals surface area contributed by atoms with Gasteiger partial charge in [0.25, 0.3) is 5.91 Å². The zero-order valence-electron chi connectivity index (χ0n) is 18.5. The van der Waals surface area contributed by atoms with Gasteiger partial charge in [0, 0.05) is 19.5 Å². The van der Waals surface area contributed by atoms with E-state index < -0.39 is 0 Å². The second-order valence-corrected chi connectivity index (χ2v) is 7.99. The standard InChI is InChI=1S/C27H29NO4/c1-21-10-11-26-24(16-21)18-22-6-5-7-23(17-22)19-28(12-13-30-14-15-31-26)27(29)20-32-25-8-3-2-4-9-25/h2-11,16-17H,12-15,18-20H2,1H3. The number of carbonyl (C=O) groups is 1. The molecular formula is C27H29NO4. The minimum Gasteiger partial charge on any atom is -0.491 e. The van der Waals surface area contributed by atoms with Crippen molar-refractivity contribution in [1.82, 2.24) is 4.90 Å². The summed E-state index contributed by atoms with van der Waals surface area (Å²) in [6.07, 6.45) is 0.775. The summed E-state index contributed by atoms with van der Waals surface area (Å²) in [7, 11) is 0. The third-order valence-electron chi connectivity index (χ3n) is 5.42. The fourth-order valence-electron chi connectivity index (χ4n) is 3.80. The highest BCUT2D eigenvalue weighted by atomic mass is 16.5. The van der Waals surface area contributed by atoms with Crippen LogP contribution < -0.4 is 9.47 Å². The van der Waals surface area contributed by atoms with E-state index in [-0.39, 0.29) is 12.5 Å². The lowest BCUT2D eigenvalue weighted by Gasteiger charge is -2.24. The van der Waals surface area contributed by atoms with E-state index in [9.17, 15) is 4.79 Å². The maximum atomic E-state index is 12.9. The van der Waals surface area contributed by atoms with Crippen molar-refractivity contribution in [2.24, 2.45) is 0 Å². The molecule has 5 nitrogen and oxygen atoms in total. The molecule has 1 amide bonds. The summed E-state index contributed by atoms with van der Waals surface area (Å²) in [5.41, 5.74) is 4.64. The lowest BCUT2D eigenvalue weighted by atomic mass is 10.0. The molecule has 0 aromatic heterocycles. The summed E-state index contributed by atoms with van der Waals surface area (Å²) in [5, 5.41) is 0. The van der Waals surface area contributed by atoms with Gasteiger partial charge in [-0.1, -0.05) is 60.2 Å². The van der Waals surface area contributed by atoms with Crippen molar-refractivity contribution < 1.29 is 19.0 Å². The lowest BCUT2D eigenvalue weighted by Crippen LogP contribution is -2.37. The summed E-state index contributed by atoms with van der Waals surface area (Å²) in [6, 6.07) is 24.1. The van der Waals surface area contributed by atoms with Crippen LogP contribution in [0, 0.1) is 6.92 Å². The van der Waals surface area contributed by atoms with Crippen molar-refractivity contribution in [2.75, 3.05) is 33.0 Å². The molecule has 0 radical (unpaired) electrons. The number of hydrogen-bond donors (Lipinski definition) is 0. The molecule has 0 saturated heterocycles. The molecule has 0 spiro atoms. The molecule has 2 bridgehead atoms. The summed E-state index contributed by atoms with van der Waals surface area (Å²) >= 11 is 0. The maximum Gasteiger partial charge on any atom is 0.260 e. The SMILES string of the molecule is Cc1ccc2c(c1)Cc1cccc(c1)CN(C(=O)COc1ccccc1)CCOCCO2. The van der Waals surface area contributed by atoms with E-state index in [1.165, 1.54) is 11.1 Å². The highest BCUT2D eigenvalue weighted by molar-refractivity contribution is 5.77. The number of benzene rings is 3. The molecule has 0 atom stereocenters. The molecular weight excluding hydrogens is 402 g/mol. The van der Waals surface area contributed by atoms with Gasteiger partial charge in [-0.2, -0.15) is 0 Å². The monoisotopic (exact) mass is 431 g/mol. The smallest absolute Gasteiger partial charge is 0.260 e. The van der Waals surface area contributed by atoms with Gasteiger partial charge in [0.05, 0.1) is 13.2 Å². The predicted molar refractivity (Wildman–Crippen MR) is 124 cm³/mol. The Labute approximate surface area is 189 Å². The van der Waals surface area contributed by atoms with Crippen LogP contribution in [-0.2, 0) is 22.5 Å². The Bertz CT molecular complexity index is 1030. The van der Waals surface area contributed by atoms with Crippen LogP contribution in [0.5, 0.6) is 11.5 Å². The van der Waals surface area contributed by atoms with Crippen LogP contribution >= 0.6 is 0 Å². The molecule has 0 unspecified atom stereocenters. The number of ether oxygens (including phenoxy) is 3. The van der Waals surface area contributed by atoms with E-state index in [1.54, 1.807) is 4.90 Å². The molecule has 3 aromatic carbocycles. The van der Waals surface area contributed by atoms with Gasteiger partial charge in [0.2, 0.25) is 0 Å². The van der Waals surface area contributed by atoms with Crippen molar-refractivity contribution in [3.05, 3.63) is 95.1 Å². The molecule has 0 N–H and O–H groups in total. The van der Waals surface area contributed by atoms with Crippen LogP contribution in [-0.4, -0.2) is 43.8 Å². The van der Waals surface area contributed by atoms with E-state index in [0.29, 0.717) is 38.7 Å². The maximum absolute atomic E-state index is 12.9. The molecule has 1 aliphatic heterocycles. The fourth-order valence-corrected chi connectivity index (χ4v) is 3.80. The van der Waals surface area contributed by atoms with Crippen LogP contribution in [0.1, 0.15) is 22.3 Å². The average Bonchev–Trinajstić information content (AvgIpc) is 2.80. The second-order valence-electron chi connectivity index (χ2n) is 7.99. The van der Waals surface area contributed by atoms with Gasteiger partial charge in [-0.25, -0.2) is 0 Å². The van der Waals surface area contributed by atoms with E-state index in [4.69, 9.17) is 14.2 Å². The molecule has 32 heavy (non-hydrogen) atoms. The Hall–Kier alpha value is -3.31. The average molecular weight is 432 g/mol. The van der Waals surface area contributed by atoms with Gasteiger partial charge in [-0.3, -0.25) is 4.79 Å². The Morgan fingerprint density at radius 2 is 1.78 bits per heavy atom. The molecule has 0 fully saturated rings. The minimum absolute atomic E-state index is 0.000528. The molecule has 5 heteroatoms. The number of rotatable bonds is 3. The Morgan fingerprint density at radius 3 is 2.66 bits per heavy atom. The van der Waals surface area contributed by atoms with Crippen LogP contribution in [0.15, 0.2) is 72.8 Å². The third kappa shape index (κ3) is 6.11. The predicted octanol–water partition coefficient (Wildman–Crippen LogP) is 4.40. The molecule has 1 aliphatic rings. The molecule has 166 valence electrons. The summed E-state index contributed by atoms with van der Waals surface area (Å²) < 4.78 is 17.4. The second kappa shape index (κ2) is 10.8. The zero-order valence-corrected chi connectivity index (χ0v) is 18.5. The first kappa shape index (κ1) is 21.9. The van der Waals surface area contributed by atoms with Gasteiger partial charge in [0.1, 0.15) is 18.1 Å². The number of carbonyl (C=O) groups excluding carboxylic acids is 1. The van der Waals surface area contributed by atoms with Crippen molar-refractivity contribution in [1.29, 1.82) is 0 Å². The quantitative estimate of drug-likeness (QED) is 0.617. The van der Waals surface area contributed by atoms with Crippen LogP contribution in [0.4, 0.5) is 0 Å². The molecule has 1 heterocycles. The third-order valence-corrected chi connectivity index (χ3v) is 5.42. The summed E-state index contributed by atoms with van der Waals surface area (Å²) in [5.74, 6) is 1.52. The number of para-hydroxylation sites is 1. The normalized spacial score (nSPS) is 14.6. The fraction of sp³-hybridized carbons (Fsp3) is 0.296. The van der Waals surface area contributed by atoms with Gasteiger partial charge >= 0.3 is 0 Å². The molecule has 4 rings (SSSR count). The van der Waals surface area contributed by atoms with E-state index in [2.05, 4.69) is 37.3 Å². The van der Waals surface area contributed by atoms with Crippen molar-refractivity contribution in [3.8, 4) is 11.5 Å². The first-order chi connectivity index (χ1) is 15.7. The van der Waals surface area contributed by atoms with Gasteiger partial charge in [-0.15, -0.1) is 0 Å². The first-order valence-electron chi connectivity index (χ1n) is 11.0. The number of amides is 1. The molecule has 3 aromatic rings. The van der Waals surface area contributed by atoms with Crippen molar-refractivity contribution in [2.45, 2.75) is 19.9 Å². The van der Waals surface area contributed by atoms with Gasteiger partial charge in [-0.05, 0) is 41.8 Å². The number of aryl methyl sites for hydroxylation is 1. The number of nitrogens with zero attached hydrogens (tertiary/aromatic N) is 1. The molecule has 0 aliphatic carbocycles. The van der Waals surface area contributed by atoms with Crippen molar-refractivity contribution in [3.63, 3.8) is 0 Å². The number of hydrogen-bond acceptors (Lipinski definition) is 4. The van der Waals surface area contributed by atoms with Gasteiger partial charge < -0.3 is 19.1 Å².